The summed E-state index contributed by atoms with van der Waals surface area (Å²) in [6.45, 7) is 0.135. The third-order valence-corrected chi connectivity index (χ3v) is 5.96. The molecule has 2 N–H and O–H groups in total. The van der Waals surface area contributed by atoms with Gasteiger partial charge in [-0.3, -0.25) is 4.79 Å². The summed E-state index contributed by atoms with van der Waals surface area (Å²) in [7, 11) is -3.63. The number of rotatable bonds is 6. The molecule has 3 aromatic rings. The van der Waals surface area contributed by atoms with E-state index in [0.717, 1.165) is 5.56 Å². The summed E-state index contributed by atoms with van der Waals surface area (Å²) < 4.78 is 32.8. The lowest BCUT2D eigenvalue weighted by atomic mass is 10.2. The van der Waals surface area contributed by atoms with Gasteiger partial charge in [-0.15, -0.1) is 0 Å². The van der Waals surface area contributed by atoms with Crippen molar-refractivity contribution >= 4 is 37.5 Å². The van der Waals surface area contributed by atoms with E-state index in [1.807, 2.05) is 0 Å². The number of hydrogen-bond acceptors (Lipinski definition) is 4. The summed E-state index contributed by atoms with van der Waals surface area (Å²) in [6, 6.07) is 16.7. The lowest BCUT2D eigenvalue weighted by molar-refractivity contribution is 0.0996. The fraction of sp³-hybridized carbons (Fsp3) is 0.0556. The van der Waals surface area contributed by atoms with Gasteiger partial charge in [-0.2, -0.15) is 0 Å². The minimum Gasteiger partial charge on any atom is -0.459 e. The zero-order valence-corrected chi connectivity index (χ0v) is 15.9. The Morgan fingerprint density at radius 3 is 2.38 bits per heavy atom. The summed E-state index contributed by atoms with van der Waals surface area (Å²) in [4.78, 5) is 12.1. The topological polar surface area (TPSA) is 88.4 Å². The third kappa shape index (κ3) is 4.40. The van der Waals surface area contributed by atoms with E-state index < -0.39 is 10.0 Å². The standard InChI is InChI=1S/C18H15BrN2O4S/c19-15-4-1-2-6-17(15)26(23,24)20-12-13-7-9-14(10-8-13)21-18(22)16-5-3-11-25-16/h1-11,20H,12H2,(H,21,22). The van der Waals surface area contributed by atoms with Gasteiger partial charge in [0.1, 0.15) is 0 Å². The lowest BCUT2D eigenvalue weighted by Crippen LogP contribution is -2.23. The molecule has 8 heteroatoms. The molecule has 134 valence electrons. The summed E-state index contributed by atoms with van der Waals surface area (Å²) in [5.74, 6) is -0.132. The Balaban J connectivity index is 1.63. The Hall–Kier alpha value is -2.42. The first-order chi connectivity index (χ1) is 12.5. The van der Waals surface area contributed by atoms with Crippen LogP contribution in [0.15, 0.2) is 80.7 Å². The second kappa shape index (κ2) is 7.86. The number of hydrogen-bond donors (Lipinski definition) is 2. The zero-order chi connectivity index (χ0) is 18.6. The van der Waals surface area contributed by atoms with Crippen molar-refractivity contribution in [3.05, 3.63) is 82.7 Å². The number of carbonyl (C=O) groups is 1. The molecule has 1 aromatic heterocycles. The fourth-order valence-corrected chi connectivity index (χ4v) is 4.24. The number of halogens is 1. The molecule has 0 saturated heterocycles. The summed E-state index contributed by atoms with van der Waals surface area (Å²) >= 11 is 3.24. The third-order valence-electron chi connectivity index (χ3n) is 3.55. The molecule has 0 spiro atoms. The van der Waals surface area contributed by atoms with Gasteiger partial charge in [-0.1, -0.05) is 24.3 Å². The first-order valence-electron chi connectivity index (χ1n) is 7.64. The molecular weight excluding hydrogens is 420 g/mol. The molecule has 26 heavy (non-hydrogen) atoms. The van der Waals surface area contributed by atoms with Crippen molar-refractivity contribution in [1.29, 1.82) is 0 Å². The van der Waals surface area contributed by atoms with Gasteiger partial charge in [0.2, 0.25) is 10.0 Å². The van der Waals surface area contributed by atoms with Crippen LogP contribution in [0.25, 0.3) is 0 Å². The Morgan fingerprint density at radius 1 is 1.00 bits per heavy atom. The molecule has 6 nitrogen and oxygen atoms in total. The van der Waals surface area contributed by atoms with E-state index in [-0.39, 0.29) is 23.1 Å². The van der Waals surface area contributed by atoms with Crippen LogP contribution in [-0.2, 0) is 16.6 Å². The van der Waals surface area contributed by atoms with Gasteiger partial charge in [-0.25, -0.2) is 13.1 Å². The zero-order valence-electron chi connectivity index (χ0n) is 13.5. The number of nitrogens with one attached hydrogen (secondary N) is 2. The van der Waals surface area contributed by atoms with Gasteiger partial charge in [0, 0.05) is 16.7 Å². The van der Waals surface area contributed by atoms with E-state index >= 15 is 0 Å². The van der Waals surface area contributed by atoms with Gasteiger partial charge < -0.3 is 9.73 Å². The van der Waals surface area contributed by atoms with Crippen LogP contribution < -0.4 is 10.0 Å². The van der Waals surface area contributed by atoms with Crippen LogP contribution in [0.1, 0.15) is 16.1 Å². The second-order valence-electron chi connectivity index (χ2n) is 5.38. The molecule has 0 aliphatic carbocycles. The maximum atomic E-state index is 12.4. The first kappa shape index (κ1) is 18.4. The highest BCUT2D eigenvalue weighted by Gasteiger charge is 2.16. The minimum absolute atomic E-state index is 0.135. The molecule has 0 unspecified atom stereocenters. The normalized spacial score (nSPS) is 11.3. The molecule has 0 atom stereocenters. The van der Waals surface area contributed by atoms with Crippen LogP contribution in [0.2, 0.25) is 0 Å². The van der Waals surface area contributed by atoms with Crippen molar-refractivity contribution in [2.45, 2.75) is 11.4 Å². The maximum absolute atomic E-state index is 12.4. The quantitative estimate of drug-likeness (QED) is 0.617. The average molecular weight is 435 g/mol. The summed E-state index contributed by atoms with van der Waals surface area (Å²) in [6.07, 6.45) is 1.43. The predicted molar refractivity (Wildman–Crippen MR) is 101 cm³/mol. The summed E-state index contributed by atoms with van der Waals surface area (Å²) in [5, 5.41) is 2.70. The van der Waals surface area contributed by atoms with Crippen molar-refractivity contribution in [2.75, 3.05) is 5.32 Å². The van der Waals surface area contributed by atoms with Crippen molar-refractivity contribution in [1.82, 2.24) is 4.72 Å². The van der Waals surface area contributed by atoms with E-state index in [2.05, 4.69) is 26.0 Å². The largest absolute Gasteiger partial charge is 0.459 e. The number of anilines is 1. The second-order valence-corrected chi connectivity index (χ2v) is 7.97. The van der Waals surface area contributed by atoms with Gasteiger partial charge >= 0.3 is 0 Å². The molecule has 1 amide bonds. The van der Waals surface area contributed by atoms with Crippen molar-refractivity contribution in [3.8, 4) is 0 Å². The van der Waals surface area contributed by atoms with Crippen molar-refractivity contribution < 1.29 is 17.6 Å². The SMILES string of the molecule is O=C(Nc1ccc(CNS(=O)(=O)c2ccccc2Br)cc1)c1ccco1. The molecule has 0 saturated carbocycles. The molecule has 0 fully saturated rings. The number of amides is 1. The van der Waals surface area contributed by atoms with Crippen LogP contribution in [-0.4, -0.2) is 14.3 Å². The fourth-order valence-electron chi connectivity index (χ4n) is 2.23. The molecule has 0 bridgehead atoms. The molecule has 3 rings (SSSR count). The molecule has 0 aliphatic rings. The van der Waals surface area contributed by atoms with Crippen LogP contribution in [0, 0.1) is 0 Å². The minimum atomic E-state index is -3.63. The lowest BCUT2D eigenvalue weighted by Gasteiger charge is -2.09. The average Bonchev–Trinajstić information content (AvgIpc) is 3.16. The summed E-state index contributed by atoms with van der Waals surface area (Å²) in [5.41, 5.74) is 1.35. The van der Waals surface area contributed by atoms with Crippen LogP contribution >= 0.6 is 15.9 Å². The Morgan fingerprint density at radius 2 is 1.73 bits per heavy atom. The van der Waals surface area contributed by atoms with Gasteiger partial charge in [0.15, 0.2) is 5.76 Å². The molecule has 0 aliphatic heterocycles. The number of sulfonamides is 1. The highest BCUT2D eigenvalue weighted by molar-refractivity contribution is 9.10. The number of carbonyl (C=O) groups excluding carboxylic acids is 1. The smallest absolute Gasteiger partial charge is 0.291 e. The van der Waals surface area contributed by atoms with Gasteiger partial charge in [0.25, 0.3) is 5.91 Å². The number of benzene rings is 2. The highest BCUT2D eigenvalue weighted by Crippen LogP contribution is 2.21. The van der Waals surface area contributed by atoms with Crippen LogP contribution in [0.4, 0.5) is 5.69 Å². The van der Waals surface area contributed by atoms with Crippen molar-refractivity contribution in [2.24, 2.45) is 0 Å². The monoisotopic (exact) mass is 434 g/mol. The van der Waals surface area contributed by atoms with E-state index in [9.17, 15) is 13.2 Å². The Bertz CT molecular complexity index is 1000. The Kier molecular flexibility index (Phi) is 5.55. The molecule has 1 heterocycles. The first-order valence-corrected chi connectivity index (χ1v) is 9.91. The van der Waals surface area contributed by atoms with E-state index in [1.165, 1.54) is 12.3 Å². The van der Waals surface area contributed by atoms with E-state index in [4.69, 9.17) is 4.42 Å². The van der Waals surface area contributed by atoms with E-state index in [0.29, 0.717) is 10.2 Å². The van der Waals surface area contributed by atoms with Crippen molar-refractivity contribution in [3.63, 3.8) is 0 Å². The highest BCUT2D eigenvalue weighted by atomic mass is 79.9. The molecule has 0 radical (unpaired) electrons. The maximum Gasteiger partial charge on any atom is 0.291 e. The van der Waals surface area contributed by atoms with Crippen LogP contribution in [0.5, 0.6) is 0 Å². The molecular formula is C18H15BrN2O4S. The van der Waals surface area contributed by atoms with Gasteiger partial charge in [0.05, 0.1) is 11.2 Å². The van der Waals surface area contributed by atoms with Gasteiger partial charge in [-0.05, 0) is 57.9 Å². The van der Waals surface area contributed by atoms with E-state index in [1.54, 1.807) is 54.6 Å². The number of furan rings is 1. The predicted octanol–water partition coefficient (Wildman–Crippen LogP) is 3.77. The van der Waals surface area contributed by atoms with Crippen LogP contribution in [0.3, 0.4) is 0 Å². The Labute approximate surface area is 159 Å². The molecule has 2 aromatic carbocycles.